The number of hydrogen-bond acceptors (Lipinski definition) is 4. The van der Waals surface area contributed by atoms with Gasteiger partial charge in [0.1, 0.15) is 30.5 Å². The molecule has 3 aromatic carbocycles. The van der Waals surface area contributed by atoms with Crippen LogP contribution in [0, 0.1) is 6.92 Å². The fourth-order valence-electron chi connectivity index (χ4n) is 2.69. The minimum atomic E-state index is -0.624. The lowest BCUT2D eigenvalue weighted by atomic mass is 10.2. The molecule has 1 atom stereocenters. The van der Waals surface area contributed by atoms with Gasteiger partial charge >= 0.3 is 0 Å². The van der Waals surface area contributed by atoms with Crippen LogP contribution < -0.4 is 19.5 Å². The molecule has 0 spiro atoms. The van der Waals surface area contributed by atoms with Gasteiger partial charge in [-0.25, -0.2) is 0 Å². The topological polar surface area (TPSA) is 56.8 Å². The molecule has 0 saturated heterocycles. The Morgan fingerprint density at radius 1 is 0.828 bits per heavy atom. The Morgan fingerprint density at radius 2 is 1.48 bits per heavy atom. The van der Waals surface area contributed by atoms with E-state index in [0.29, 0.717) is 30.4 Å². The Hall–Kier alpha value is -3.47. The van der Waals surface area contributed by atoms with Gasteiger partial charge in [0.25, 0.3) is 5.91 Å². The summed E-state index contributed by atoms with van der Waals surface area (Å²) in [5.74, 6) is 1.91. The van der Waals surface area contributed by atoms with E-state index in [1.807, 2.05) is 79.7 Å². The van der Waals surface area contributed by atoms with Gasteiger partial charge in [-0.15, -0.1) is 0 Å². The maximum atomic E-state index is 12.4. The fraction of sp³-hybridized carbons (Fsp3) is 0.208. The van der Waals surface area contributed by atoms with Crippen LogP contribution in [0.25, 0.3) is 0 Å². The third-order valence-corrected chi connectivity index (χ3v) is 4.14. The third-order valence-electron chi connectivity index (χ3n) is 4.14. The van der Waals surface area contributed by atoms with E-state index in [0.717, 1.165) is 11.3 Å². The van der Waals surface area contributed by atoms with Gasteiger partial charge in [0.15, 0.2) is 6.10 Å². The molecule has 0 fully saturated rings. The number of hydrogen-bond donors (Lipinski definition) is 1. The van der Waals surface area contributed by atoms with Crippen molar-refractivity contribution >= 4 is 11.6 Å². The van der Waals surface area contributed by atoms with Crippen molar-refractivity contribution < 1.29 is 19.0 Å². The van der Waals surface area contributed by atoms with Crippen LogP contribution in [0.1, 0.15) is 12.5 Å². The molecule has 0 aliphatic carbocycles. The van der Waals surface area contributed by atoms with Crippen LogP contribution in [0.15, 0.2) is 78.9 Å². The SMILES string of the molecule is Cc1cccc(OC(C)C(=O)Nc2cccc(OCCOc3ccccc3)c2)c1. The molecule has 1 amide bonds. The van der Waals surface area contributed by atoms with Gasteiger partial charge < -0.3 is 19.5 Å². The van der Waals surface area contributed by atoms with Crippen molar-refractivity contribution in [1.29, 1.82) is 0 Å². The number of carbonyl (C=O) groups is 1. The molecule has 3 rings (SSSR count). The molecule has 0 radical (unpaired) electrons. The van der Waals surface area contributed by atoms with Gasteiger partial charge in [-0.05, 0) is 55.8 Å². The van der Waals surface area contributed by atoms with Gasteiger partial charge in [0.05, 0.1) is 0 Å². The normalized spacial score (nSPS) is 11.4. The Kier molecular flexibility index (Phi) is 7.11. The van der Waals surface area contributed by atoms with Crippen LogP contribution in [-0.2, 0) is 4.79 Å². The van der Waals surface area contributed by atoms with Crippen molar-refractivity contribution in [2.75, 3.05) is 18.5 Å². The van der Waals surface area contributed by atoms with Crippen molar-refractivity contribution in [2.24, 2.45) is 0 Å². The maximum Gasteiger partial charge on any atom is 0.265 e. The lowest BCUT2D eigenvalue weighted by Gasteiger charge is -2.15. The molecule has 0 bridgehead atoms. The molecular weight excluding hydrogens is 366 g/mol. The molecule has 0 aliphatic heterocycles. The van der Waals surface area contributed by atoms with E-state index in [4.69, 9.17) is 14.2 Å². The van der Waals surface area contributed by atoms with E-state index in [9.17, 15) is 4.79 Å². The summed E-state index contributed by atoms with van der Waals surface area (Å²) in [7, 11) is 0. The number of amides is 1. The van der Waals surface area contributed by atoms with E-state index < -0.39 is 6.10 Å². The molecular formula is C24H25NO4. The van der Waals surface area contributed by atoms with Gasteiger partial charge in [0.2, 0.25) is 0 Å². The van der Waals surface area contributed by atoms with Crippen LogP contribution in [0.3, 0.4) is 0 Å². The van der Waals surface area contributed by atoms with Gasteiger partial charge in [0, 0.05) is 11.8 Å². The number of para-hydroxylation sites is 1. The summed E-state index contributed by atoms with van der Waals surface area (Å²) < 4.78 is 17.0. The van der Waals surface area contributed by atoms with Crippen LogP contribution in [-0.4, -0.2) is 25.2 Å². The Bertz CT molecular complexity index is 927. The molecule has 0 heterocycles. The van der Waals surface area contributed by atoms with Crippen molar-refractivity contribution in [1.82, 2.24) is 0 Å². The Labute approximate surface area is 171 Å². The molecule has 1 unspecified atom stereocenters. The summed E-state index contributed by atoms with van der Waals surface area (Å²) in [5.41, 5.74) is 1.73. The third kappa shape index (κ3) is 6.57. The highest BCUT2D eigenvalue weighted by atomic mass is 16.5. The predicted octanol–water partition coefficient (Wildman–Crippen LogP) is 4.86. The molecule has 3 aromatic rings. The van der Waals surface area contributed by atoms with E-state index in [-0.39, 0.29) is 5.91 Å². The zero-order valence-electron chi connectivity index (χ0n) is 16.6. The quantitative estimate of drug-likeness (QED) is 0.529. The van der Waals surface area contributed by atoms with Crippen LogP contribution >= 0.6 is 0 Å². The largest absolute Gasteiger partial charge is 0.490 e. The second-order valence-electron chi connectivity index (χ2n) is 6.60. The number of anilines is 1. The first kappa shape index (κ1) is 20.3. The second-order valence-corrected chi connectivity index (χ2v) is 6.60. The summed E-state index contributed by atoms with van der Waals surface area (Å²) in [5, 5.41) is 2.86. The van der Waals surface area contributed by atoms with E-state index >= 15 is 0 Å². The van der Waals surface area contributed by atoms with Gasteiger partial charge in [-0.2, -0.15) is 0 Å². The summed E-state index contributed by atoms with van der Waals surface area (Å²) >= 11 is 0. The van der Waals surface area contributed by atoms with Crippen molar-refractivity contribution in [3.05, 3.63) is 84.4 Å². The van der Waals surface area contributed by atoms with E-state index in [1.165, 1.54) is 0 Å². The lowest BCUT2D eigenvalue weighted by Crippen LogP contribution is -2.30. The summed E-state index contributed by atoms with van der Waals surface area (Å²) in [6.45, 7) is 4.54. The molecule has 5 nitrogen and oxygen atoms in total. The fourth-order valence-corrected chi connectivity index (χ4v) is 2.69. The lowest BCUT2D eigenvalue weighted by molar-refractivity contribution is -0.122. The number of rotatable bonds is 9. The Morgan fingerprint density at radius 3 is 2.24 bits per heavy atom. The molecule has 0 aliphatic rings. The first-order valence-corrected chi connectivity index (χ1v) is 9.55. The predicted molar refractivity (Wildman–Crippen MR) is 114 cm³/mol. The monoisotopic (exact) mass is 391 g/mol. The minimum absolute atomic E-state index is 0.226. The van der Waals surface area contributed by atoms with E-state index in [1.54, 1.807) is 13.0 Å². The van der Waals surface area contributed by atoms with Crippen molar-refractivity contribution in [2.45, 2.75) is 20.0 Å². The summed E-state index contributed by atoms with van der Waals surface area (Å²) in [6, 6.07) is 24.5. The highest BCUT2D eigenvalue weighted by molar-refractivity contribution is 5.94. The Balaban J connectivity index is 1.47. The number of ether oxygens (including phenoxy) is 3. The number of carbonyl (C=O) groups excluding carboxylic acids is 1. The summed E-state index contributed by atoms with van der Waals surface area (Å²) in [4.78, 5) is 12.4. The number of benzene rings is 3. The number of nitrogens with one attached hydrogen (secondary N) is 1. The molecule has 0 saturated carbocycles. The van der Waals surface area contributed by atoms with E-state index in [2.05, 4.69) is 5.32 Å². The minimum Gasteiger partial charge on any atom is -0.490 e. The van der Waals surface area contributed by atoms with Gasteiger partial charge in [-0.1, -0.05) is 36.4 Å². The second kappa shape index (κ2) is 10.2. The van der Waals surface area contributed by atoms with Gasteiger partial charge in [-0.3, -0.25) is 4.79 Å². The first-order chi connectivity index (χ1) is 14.1. The van der Waals surface area contributed by atoms with Crippen LogP contribution in [0.5, 0.6) is 17.2 Å². The zero-order valence-corrected chi connectivity index (χ0v) is 16.6. The average Bonchev–Trinajstić information content (AvgIpc) is 2.72. The summed E-state index contributed by atoms with van der Waals surface area (Å²) in [6.07, 6.45) is -0.624. The standard InChI is InChI=1S/C24H25NO4/c1-18-8-6-13-23(16-18)29-19(2)24(26)25-20-9-7-12-22(17-20)28-15-14-27-21-10-4-3-5-11-21/h3-13,16-17,19H,14-15H2,1-2H3,(H,25,26). The maximum absolute atomic E-state index is 12.4. The average molecular weight is 391 g/mol. The highest BCUT2D eigenvalue weighted by Crippen LogP contribution is 2.19. The van der Waals surface area contributed by atoms with Crippen molar-refractivity contribution in [3.8, 4) is 17.2 Å². The van der Waals surface area contributed by atoms with Crippen molar-refractivity contribution in [3.63, 3.8) is 0 Å². The smallest absolute Gasteiger partial charge is 0.265 e. The molecule has 0 aromatic heterocycles. The zero-order chi connectivity index (χ0) is 20.5. The van der Waals surface area contributed by atoms with Crippen LogP contribution in [0.4, 0.5) is 5.69 Å². The number of aryl methyl sites for hydroxylation is 1. The molecule has 1 N–H and O–H groups in total. The molecule has 5 heteroatoms. The molecule has 150 valence electrons. The molecule has 29 heavy (non-hydrogen) atoms. The highest BCUT2D eigenvalue weighted by Gasteiger charge is 2.15. The van der Waals surface area contributed by atoms with Crippen LogP contribution in [0.2, 0.25) is 0 Å². The first-order valence-electron chi connectivity index (χ1n) is 9.55.